The second-order valence-electron chi connectivity index (χ2n) is 9.04. The van der Waals surface area contributed by atoms with Crippen LogP contribution < -0.4 is 15.8 Å². The first-order valence-corrected chi connectivity index (χ1v) is 11.4. The van der Waals surface area contributed by atoms with E-state index >= 15 is 0 Å². The van der Waals surface area contributed by atoms with Gasteiger partial charge in [0, 0.05) is 32.5 Å². The minimum absolute atomic E-state index is 0.0804. The van der Waals surface area contributed by atoms with Crippen molar-refractivity contribution in [1.29, 1.82) is 0 Å². The lowest BCUT2D eigenvalue weighted by atomic mass is 10.0. The molecule has 0 aliphatic carbocycles. The van der Waals surface area contributed by atoms with E-state index in [1.165, 1.54) is 30.7 Å². The summed E-state index contributed by atoms with van der Waals surface area (Å²) in [5.74, 6) is -4.16. The van der Waals surface area contributed by atoms with Gasteiger partial charge in [-0.3, -0.25) is 24.1 Å². The summed E-state index contributed by atoms with van der Waals surface area (Å²) in [4.78, 5) is 40.6. The highest BCUT2D eigenvalue weighted by molar-refractivity contribution is 5.99. The zero-order valence-corrected chi connectivity index (χ0v) is 20.5. The first-order chi connectivity index (χ1) is 17.0. The van der Waals surface area contributed by atoms with Crippen LogP contribution in [-0.2, 0) is 16.0 Å². The lowest BCUT2D eigenvalue weighted by Crippen LogP contribution is -2.58. The molecule has 0 unspecified atom stereocenters. The van der Waals surface area contributed by atoms with Gasteiger partial charge in [-0.05, 0) is 38.5 Å². The number of fused-ring (bicyclic) bond motifs is 4. The molecule has 194 valence electrons. The summed E-state index contributed by atoms with van der Waals surface area (Å²) in [6.07, 6.45) is 0.134. The van der Waals surface area contributed by atoms with Crippen molar-refractivity contribution in [3.8, 4) is 5.75 Å². The number of pyridine rings is 1. The van der Waals surface area contributed by atoms with Gasteiger partial charge in [0.15, 0.2) is 11.4 Å². The highest BCUT2D eigenvalue weighted by atomic mass is 19.1. The molecule has 2 aliphatic heterocycles. The smallest absolute Gasteiger partial charge is 0.278 e. The number of nitrogens with one attached hydrogen (secondary N) is 1. The van der Waals surface area contributed by atoms with Crippen molar-refractivity contribution in [1.82, 2.24) is 14.9 Å². The summed E-state index contributed by atoms with van der Waals surface area (Å²) >= 11 is 0. The maximum Gasteiger partial charge on any atom is 0.278 e. The van der Waals surface area contributed by atoms with E-state index < -0.39 is 71.0 Å². The van der Waals surface area contributed by atoms with Gasteiger partial charge in [0.2, 0.25) is 5.43 Å². The number of hydrogen-bond acceptors (Lipinski definition) is 7. The normalized spacial score (nSPS) is 23.4. The number of carbonyl (C=O) groups excluding carboxylic acids is 2. The Morgan fingerprint density at radius 1 is 1.11 bits per heavy atom. The molecule has 2 aliphatic rings. The zero-order valence-electron chi connectivity index (χ0n) is 20.5. The number of hydrogen-bond donors (Lipinski definition) is 2. The Morgan fingerprint density at radius 3 is 2.28 bits per heavy atom. The van der Waals surface area contributed by atoms with Crippen LogP contribution >= 0.6 is 0 Å². The fourth-order valence-electron chi connectivity index (χ4n) is 4.94. The SMILES string of the molecule is CO[C@@H]1[C@H](OC)[C@@H](C)N2CN(C(=O)c3c(O)c(=O)c(C(=O)NCc4c(F)cc(C)cc4F)cn32)[C@H]1C. The highest BCUT2D eigenvalue weighted by Crippen LogP contribution is 2.31. The van der Waals surface area contributed by atoms with E-state index in [9.17, 15) is 28.3 Å². The van der Waals surface area contributed by atoms with Gasteiger partial charge in [-0.25, -0.2) is 8.78 Å². The second-order valence-corrected chi connectivity index (χ2v) is 9.04. The number of aromatic hydroxyl groups is 1. The first-order valence-electron chi connectivity index (χ1n) is 11.4. The van der Waals surface area contributed by atoms with Crippen molar-refractivity contribution in [3.05, 3.63) is 62.6 Å². The molecule has 2 aromatic rings. The second kappa shape index (κ2) is 9.51. The summed E-state index contributed by atoms with van der Waals surface area (Å²) in [6.45, 7) is 4.70. The maximum atomic E-state index is 14.2. The molecule has 2 amide bonds. The Labute approximate surface area is 206 Å². The van der Waals surface area contributed by atoms with Crippen molar-refractivity contribution < 1.29 is 33.0 Å². The summed E-state index contributed by atoms with van der Waals surface area (Å²) in [7, 11) is 3.02. The molecule has 12 heteroatoms. The average Bonchev–Trinajstić information content (AvgIpc) is 2.91. The molecule has 2 N–H and O–H groups in total. The summed E-state index contributed by atoms with van der Waals surface area (Å²) < 4.78 is 40.9. The predicted molar refractivity (Wildman–Crippen MR) is 124 cm³/mol. The Morgan fingerprint density at radius 2 is 1.69 bits per heavy atom. The van der Waals surface area contributed by atoms with Crippen LogP contribution in [0.25, 0.3) is 0 Å². The molecule has 3 heterocycles. The third kappa shape index (κ3) is 3.99. The Balaban J connectivity index is 1.74. The van der Waals surface area contributed by atoms with Crippen molar-refractivity contribution in [3.63, 3.8) is 0 Å². The number of carbonyl (C=O) groups is 2. The molecular weight excluding hydrogens is 478 g/mol. The molecule has 1 fully saturated rings. The summed E-state index contributed by atoms with van der Waals surface area (Å²) in [6, 6.07) is 1.39. The third-order valence-electron chi connectivity index (χ3n) is 6.94. The van der Waals surface area contributed by atoms with Gasteiger partial charge in [-0.15, -0.1) is 0 Å². The number of methoxy groups -OCH3 is 2. The lowest BCUT2D eigenvalue weighted by molar-refractivity contribution is -0.0649. The average molecular weight is 507 g/mol. The van der Waals surface area contributed by atoms with Gasteiger partial charge in [0.25, 0.3) is 11.8 Å². The van der Waals surface area contributed by atoms with Gasteiger partial charge in [-0.2, -0.15) is 0 Å². The number of ether oxygens (including phenoxy) is 2. The number of amides is 2. The van der Waals surface area contributed by atoms with Crippen molar-refractivity contribution in [2.45, 2.75) is 51.6 Å². The third-order valence-corrected chi connectivity index (χ3v) is 6.94. The van der Waals surface area contributed by atoms with Crippen LogP contribution in [-0.4, -0.2) is 71.7 Å². The molecule has 1 saturated heterocycles. The largest absolute Gasteiger partial charge is 0.502 e. The van der Waals surface area contributed by atoms with E-state index in [-0.39, 0.29) is 17.9 Å². The Hall–Kier alpha value is -3.51. The van der Waals surface area contributed by atoms with E-state index in [1.54, 1.807) is 11.9 Å². The van der Waals surface area contributed by atoms with Crippen LogP contribution in [0.2, 0.25) is 0 Å². The number of benzene rings is 1. The van der Waals surface area contributed by atoms with Crippen molar-refractivity contribution in [2.75, 3.05) is 25.9 Å². The van der Waals surface area contributed by atoms with Crippen LogP contribution in [0.4, 0.5) is 8.78 Å². The number of aryl methyl sites for hydroxylation is 1. The summed E-state index contributed by atoms with van der Waals surface area (Å²) in [5, 5.41) is 14.7. The Bertz CT molecular complexity index is 1260. The number of nitrogens with zero attached hydrogens (tertiary/aromatic N) is 3. The topological polar surface area (TPSA) is 113 Å². The molecule has 0 radical (unpaired) electrons. The Kier molecular flexibility index (Phi) is 6.76. The van der Waals surface area contributed by atoms with E-state index in [2.05, 4.69) is 5.32 Å². The van der Waals surface area contributed by atoms with Crippen LogP contribution in [0, 0.1) is 18.6 Å². The monoisotopic (exact) mass is 506 g/mol. The van der Waals surface area contributed by atoms with Gasteiger partial charge in [0.05, 0.1) is 12.1 Å². The fourth-order valence-corrected chi connectivity index (χ4v) is 4.94. The molecule has 1 aromatic carbocycles. The summed E-state index contributed by atoms with van der Waals surface area (Å²) in [5.41, 5.74) is -1.87. The van der Waals surface area contributed by atoms with Crippen LogP contribution in [0.1, 0.15) is 45.8 Å². The van der Waals surface area contributed by atoms with Crippen molar-refractivity contribution in [2.24, 2.45) is 0 Å². The van der Waals surface area contributed by atoms with E-state index in [0.717, 1.165) is 18.3 Å². The predicted octanol–water partition coefficient (Wildman–Crippen LogP) is 1.24. The molecule has 4 atom stereocenters. The van der Waals surface area contributed by atoms with Gasteiger partial charge < -0.3 is 24.8 Å². The molecule has 36 heavy (non-hydrogen) atoms. The molecule has 0 saturated carbocycles. The number of aromatic nitrogens is 1. The minimum atomic E-state index is -1.08. The van der Waals surface area contributed by atoms with E-state index in [0.29, 0.717) is 5.56 Å². The quantitative estimate of drug-likeness (QED) is 0.628. The molecular formula is C24H28F2N4O6. The standard InChI is InChI=1S/C24H28F2N4O6/c1-11-6-16(25)14(17(26)7-11)8-27-23(33)15-9-29-18(20(32)19(15)31)24(34)28-10-30(29)13(3)22(36-5)21(35-4)12(28)2/h6-7,9,12-13,21-22,32H,8,10H2,1-5H3,(H,27,33)/t12-,13+,21-,22+/m0/s1. The zero-order chi connectivity index (χ0) is 26.5. The van der Waals surface area contributed by atoms with Gasteiger partial charge >= 0.3 is 0 Å². The first kappa shape index (κ1) is 25.6. The highest BCUT2D eigenvalue weighted by Gasteiger charge is 2.47. The fraction of sp³-hybridized carbons (Fsp3) is 0.458. The lowest BCUT2D eigenvalue weighted by Gasteiger charge is -2.42. The minimum Gasteiger partial charge on any atom is -0.502 e. The number of rotatable bonds is 5. The maximum absolute atomic E-state index is 14.2. The van der Waals surface area contributed by atoms with Gasteiger partial charge in [0.1, 0.15) is 36.1 Å². The van der Waals surface area contributed by atoms with Crippen LogP contribution in [0.3, 0.4) is 0 Å². The molecule has 10 nitrogen and oxygen atoms in total. The van der Waals surface area contributed by atoms with Gasteiger partial charge in [-0.1, -0.05) is 0 Å². The molecule has 1 aromatic heterocycles. The van der Waals surface area contributed by atoms with Crippen LogP contribution in [0.5, 0.6) is 5.75 Å². The molecule has 0 spiro atoms. The van der Waals surface area contributed by atoms with E-state index in [4.69, 9.17) is 9.47 Å². The molecule has 4 rings (SSSR count). The number of halogens is 2. The van der Waals surface area contributed by atoms with Crippen molar-refractivity contribution >= 4 is 11.8 Å². The van der Waals surface area contributed by atoms with Crippen LogP contribution in [0.15, 0.2) is 23.1 Å². The molecule has 2 bridgehead atoms. The van der Waals surface area contributed by atoms with E-state index in [1.807, 2.05) is 6.92 Å².